The van der Waals surface area contributed by atoms with Crippen LogP contribution >= 0.6 is 23.2 Å². The predicted octanol–water partition coefficient (Wildman–Crippen LogP) is 3.37. The lowest BCUT2D eigenvalue weighted by molar-refractivity contribution is -0.127. The maximum Gasteiger partial charge on any atom is 0.223 e. The molecule has 0 aromatic carbocycles. The standard InChI is InChI=1S/C23H34Cl2N6O/c1-29-7-8-31(23(29)26)14-16-9-17(21-5-6-28-30(21)2)12-18(10-16)22(32)27-13-15-3-4-19(24)20(25)11-15/h5-8,15-20,26H,3-4,9-14H2,1-2H3,(H,27,32). The number of nitrogens with one attached hydrogen (secondary N) is 2. The Morgan fingerprint density at radius 3 is 2.59 bits per heavy atom. The number of hydrogen-bond donors (Lipinski definition) is 2. The van der Waals surface area contributed by atoms with Crippen molar-refractivity contribution < 1.29 is 4.79 Å². The molecule has 0 saturated heterocycles. The van der Waals surface area contributed by atoms with E-state index in [1.165, 1.54) is 5.69 Å². The van der Waals surface area contributed by atoms with Gasteiger partial charge in [0, 0.05) is 68.7 Å². The monoisotopic (exact) mass is 480 g/mol. The fourth-order valence-electron chi connectivity index (χ4n) is 5.51. The Labute approximate surface area is 199 Å². The second-order valence-electron chi connectivity index (χ2n) is 9.69. The minimum Gasteiger partial charge on any atom is -0.356 e. The van der Waals surface area contributed by atoms with Gasteiger partial charge in [-0.15, -0.1) is 23.2 Å². The number of amides is 1. The van der Waals surface area contributed by atoms with Gasteiger partial charge in [-0.25, -0.2) is 0 Å². The molecule has 4 rings (SSSR count). The average Bonchev–Trinajstić information content (AvgIpc) is 3.34. The first-order valence-corrected chi connectivity index (χ1v) is 12.5. The van der Waals surface area contributed by atoms with Gasteiger partial charge in [0.1, 0.15) is 0 Å². The summed E-state index contributed by atoms with van der Waals surface area (Å²) in [5.41, 5.74) is 1.67. The van der Waals surface area contributed by atoms with E-state index < -0.39 is 0 Å². The smallest absolute Gasteiger partial charge is 0.223 e. The van der Waals surface area contributed by atoms with Crippen molar-refractivity contribution in [2.75, 3.05) is 6.54 Å². The summed E-state index contributed by atoms with van der Waals surface area (Å²) in [6.07, 6.45) is 11.2. The number of hydrogen-bond acceptors (Lipinski definition) is 3. The molecule has 2 aliphatic rings. The van der Waals surface area contributed by atoms with Crippen molar-refractivity contribution in [2.45, 2.75) is 61.7 Å². The fraction of sp³-hybridized carbons (Fsp3) is 0.696. The van der Waals surface area contributed by atoms with Gasteiger partial charge >= 0.3 is 0 Å². The van der Waals surface area contributed by atoms with E-state index >= 15 is 0 Å². The first kappa shape index (κ1) is 23.4. The molecule has 2 aromatic heterocycles. The molecule has 9 heteroatoms. The number of carbonyl (C=O) groups excluding carboxylic acids is 1. The van der Waals surface area contributed by atoms with Gasteiger partial charge in [-0.1, -0.05) is 0 Å². The number of aromatic nitrogens is 4. The van der Waals surface area contributed by atoms with Gasteiger partial charge in [-0.3, -0.25) is 14.9 Å². The van der Waals surface area contributed by atoms with Crippen LogP contribution in [0.3, 0.4) is 0 Å². The number of halogens is 2. The van der Waals surface area contributed by atoms with Crippen LogP contribution in [0.2, 0.25) is 0 Å². The van der Waals surface area contributed by atoms with Gasteiger partial charge < -0.3 is 14.5 Å². The van der Waals surface area contributed by atoms with Crippen LogP contribution in [0, 0.1) is 23.2 Å². The molecule has 2 aliphatic carbocycles. The first-order valence-electron chi connectivity index (χ1n) is 11.6. The SMILES string of the molecule is Cn1nccc1C1CC(Cn2ccn(C)c2=N)CC(C(=O)NCC2CCC(Cl)C(Cl)C2)C1. The molecule has 0 radical (unpaired) electrons. The van der Waals surface area contributed by atoms with Crippen LogP contribution in [-0.4, -0.2) is 42.1 Å². The Bertz CT molecular complexity index is 981. The molecule has 2 heterocycles. The third-order valence-electron chi connectivity index (χ3n) is 7.35. The summed E-state index contributed by atoms with van der Waals surface area (Å²) in [6, 6.07) is 2.07. The van der Waals surface area contributed by atoms with Gasteiger partial charge in [0.25, 0.3) is 0 Å². The van der Waals surface area contributed by atoms with Gasteiger partial charge in [-0.2, -0.15) is 5.10 Å². The highest BCUT2D eigenvalue weighted by Crippen LogP contribution is 2.40. The molecular weight excluding hydrogens is 447 g/mol. The van der Waals surface area contributed by atoms with Crippen LogP contribution in [0.1, 0.15) is 50.1 Å². The van der Waals surface area contributed by atoms with E-state index in [1.54, 1.807) is 0 Å². The normalized spacial score (nSPS) is 30.9. The number of aryl methyl sites for hydroxylation is 2. The summed E-state index contributed by atoms with van der Waals surface area (Å²) < 4.78 is 5.72. The Kier molecular flexibility index (Phi) is 7.35. The predicted molar refractivity (Wildman–Crippen MR) is 126 cm³/mol. The Balaban J connectivity index is 1.43. The van der Waals surface area contributed by atoms with Gasteiger partial charge in [0.05, 0.1) is 5.38 Å². The summed E-state index contributed by atoms with van der Waals surface area (Å²) >= 11 is 12.6. The highest BCUT2D eigenvalue weighted by molar-refractivity contribution is 6.30. The van der Waals surface area contributed by atoms with E-state index in [-0.39, 0.29) is 28.5 Å². The molecular formula is C23H34Cl2N6O. The number of carbonyl (C=O) groups is 1. The van der Waals surface area contributed by atoms with Gasteiger partial charge in [0.2, 0.25) is 11.5 Å². The van der Waals surface area contributed by atoms with E-state index in [2.05, 4.69) is 16.5 Å². The van der Waals surface area contributed by atoms with Crippen molar-refractivity contribution in [2.24, 2.45) is 31.8 Å². The second-order valence-corrected chi connectivity index (χ2v) is 10.8. The van der Waals surface area contributed by atoms with Crippen LogP contribution in [0.4, 0.5) is 0 Å². The summed E-state index contributed by atoms with van der Waals surface area (Å²) in [5.74, 6) is 1.12. The summed E-state index contributed by atoms with van der Waals surface area (Å²) in [6.45, 7) is 1.43. The highest BCUT2D eigenvalue weighted by atomic mass is 35.5. The molecule has 1 amide bonds. The number of imidazole rings is 1. The first-order chi connectivity index (χ1) is 15.3. The summed E-state index contributed by atoms with van der Waals surface area (Å²) in [7, 11) is 3.86. The molecule has 2 fully saturated rings. The van der Waals surface area contributed by atoms with Crippen LogP contribution in [0.15, 0.2) is 24.7 Å². The van der Waals surface area contributed by atoms with Crippen molar-refractivity contribution in [1.29, 1.82) is 5.41 Å². The molecule has 7 nitrogen and oxygen atoms in total. The van der Waals surface area contributed by atoms with E-state index in [0.717, 1.165) is 45.1 Å². The van der Waals surface area contributed by atoms with Gasteiger partial charge in [-0.05, 0) is 56.4 Å². The molecule has 2 N–H and O–H groups in total. The van der Waals surface area contributed by atoms with Crippen molar-refractivity contribution in [3.63, 3.8) is 0 Å². The van der Waals surface area contributed by atoms with Crippen molar-refractivity contribution >= 4 is 29.1 Å². The number of nitrogens with zero attached hydrogens (tertiary/aromatic N) is 4. The molecule has 6 atom stereocenters. The molecule has 2 saturated carbocycles. The minimum absolute atomic E-state index is 0.0115. The second kappa shape index (κ2) is 10.0. The van der Waals surface area contributed by atoms with E-state index in [0.29, 0.717) is 24.0 Å². The molecule has 0 bridgehead atoms. The maximum atomic E-state index is 13.2. The quantitative estimate of drug-likeness (QED) is 0.621. The fourth-order valence-corrected chi connectivity index (χ4v) is 6.12. The van der Waals surface area contributed by atoms with Crippen molar-refractivity contribution in [3.05, 3.63) is 36.0 Å². The zero-order valence-electron chi connectivity index (χ0n) is 18.9. The lowest BCUT2D eigenvalue weighted by Crippen LogP contribution is -2.41. The molecule has 0 spiro atoms. The van der Waals surface area contributed by atoms with E-state index in [9.17, 15) is 4.79 Å². The third-order valence-corrected chi connectivity index (χ3v) is 8.48. The number of alkyl halides is 2. The van der Waals surface area contributed by atoms with Crippen molar-refractivity contribution in [3.8, 4) is 0 Å². The number of rotatable bonds is 6. The van der Waals surface area contributed by atoms with E-state index in [4.69, 9.17) is 28.6 Å². The lowest BCUT2D eigenvalue weighted by Gasteiger charge is -2.35. The zero-order chi connectivity index (χ0) is 22.8. The Morgan fingerprint density at radius 1 is 1.12 bits per heavy atom. The molecule has 2 aromatic rings. The van der Waals surface area contributed by atoms with E-state index in [1.807, 2.05) is 46.5 Å². The average molecular weight is 481 g/mol. The minimum atomic E-state index is -0.0386. The topological polar surface area (TPSA) is 80.6 Å². The molecule has 6 unspecified atom stereocenters. The van der Waals surface area contributed by atoms with Crippen LogP contribution in [0.5, 0.6) is 0 Å². The lowest BCUT2D eigenvalue weighted by atomic mass is 9.73. The van der Waals surface area contributed by atoms with Crippen LogP contribution < -0.4 is 10.9 Å². The highest BCUT2D eigenvalue weighted by Gasteiger charge is 2.35. The summed E-state index contributed by atoms with van der Waals surface area (Å²) in [5, 5.41) is 15.9. The zero-order valence-corrected chi connectivity index (χ0v) is 20.4. The van der Waals surface area contributed by atoms with Crippen LogP contribution in [-0.2, 0) is 25.4 Å². The molecule has 32 heavy (non-hydrogen) atoms. The molecule has 0 aliphatic heterocycles. The Hall–Kier alpha value is -1.73. The van der Waals surface area contributed by atoms with Crippen molar-refractivity contribution in [1.82, 2.24) is 24.2 Å². The van der Waals surface area contributed by atoms with Crippen LogP contribution in [0.25, 0.3) is 0 Å². The maximum absolute atomic E-state index is 13.2. The third kappa shape index (κ3) is 5.25. The summed E-state index contributed by atoms with van der Waals surface area (Å²) in [4.78, 5) is 13.2. The Morgan fingerprint density at radius 2 is 1.94 bits per heavy atom. The largest absolute Gasteiger partial charge is 0.356 e. The van der Waals surface area contributed by atoms with Gasteiger partial charge in [0.15, 0.2) is 0 Å². The molecule has 176 valence electrons.